The molecule has 0 aromatic heterocycles. The normalized spacial score (nSPS) is 20.1. The number of hydrogen-bond acceptors (Lipinski definition) is 3. The van der Waals surface area contributed by atoms with Crippen molar-refractivity contribution >= 4 is 23.6 Å². The van der Waals surface area contributed by atoms with Crippen molar-refractivity contribution in [2.24, 2.45) is 5.92 Å². The van der Waals surface area contributed by atoms with Gasteiger partial charge in [-0.25, -0.2) is 0 Å². The number of nitrogens with one attached hydrogen (secondary N) is 1. The quantitative estimate of drug-likeness (QED) is 0.750. The summed E-state index contributed by atoms with van der Waals surface area (Å²) in [5.41, 5.74) is 1.65. The minimum atomic E-state index is -0.383. The Labute approximate surface area is 155 Å². The molecule has 1 fully saturated rings. The minimum absolute atomic E-state index is 0.0197. The van der Waals surface area contributed by atoms with Crippen LogP contribution in [0.2, 0.25) is 0 Å². The number of hydrogen-bond donors (Lipinski definition) is 1. The number of carbonyl (C=O) groups excluding carboxylic acids is 2. The van der Waals surface area contributed by atoms with Crippen LogP contribution in [0.15, 0.2) is 24.3 Å². The van der Waals surface area contributed by atoms with Crippen molar-refractivity contribution in [2.75, 3.05) is 12.3 Å². The molecule has 4 nitrogen and oxygen atoms in total. The van der Waals surface area contributed by atoms with E-state index in [1.165, 1.54) is 0 Å². The van der Waals surface area contributed by atoms with Gasteiger partial charge in [0.1, 0.15) is 6.04 Å². The van der Waals surface area contributed by atoms with Gasteiger partial charge in [0.2, 0.25) is 5.91 Å². The topological polar surface area (TPSA) is 49.4 Å². The summed E-state index contributed by atoms with van der Waals surface area (Å²) >= 11 is 1.71. The Hall–Kier alpha value is -1.49. The largest absolute Gasteiger partial charge is 0.354 e. The molecule has 2 atom stereocenters. The standard InChI is InChI=1S/C20H30N2O2S/c1-5-6-9-12-21-18(23)17-13-25-20(14(2)3)22(17)19(24)16-11-8-7-10-15(16)4/h7-8,10-11,14,17,20H,5-6,9,12-13H2,1-4H3,(H,21,23)/t17-,20-/m1/s1. The van der Waals surface area contributed by atoms with Gasteiger partial charge in [-0.3, -0.25) is 9.59 Å². The predicted octanol–water partition coefficient (Wildman–Crippen LogP) is 3.84. The van der Waals surface area contributed by atoms with Crippen LogP contribution in [0.4, 0.5) is 0 Å². The Morgan fingerprint density at radius 3 is 2.64 bits per heavy atom. The number of carbonyl (C=O) groups is 2. The lowest BCUT2D eigenvalue weighted by Gasteiger charge is -2.31. The molecule has 2 rings (SSSR count). The van der Waals surface area contributed by atoms with Crippen LogP contribution < -0.4 is 5.32 Å². The summed E-state index contributed by atoms with van der Waals surface area (Å²) < 4.78 is 0. The van der Waals surface area contributed by atoms with Crippen LogP contribution in [0.3, 0.4) is 0 Å². The van der Waals surface area contributed by atoms with E-state index < -0.39 is 0 Å². The summed E-state index contributed by atoms with van der Waals surface area (Å²) in [5, 5.41) is 3.06. The van der Waals surface area contributed by atoms with Gasteiger partial charge in [0, 0.05) is 17.9 Å². The Balaban J connectivity index is 2.17. The first-order chi connectivity index (χ1) is 12.0. The maximum atomic E-state index is 13.2. The van der Waals surface area contributed by atoms with Crippen molar-refractivity contribution in [3.63, 3.8) is 0 Å². The van der Waals surface area contributed by atoms with E-state index in [1.54, 1.807) is 11.8 Å². The zero-order chi connectivity index (χ0) is 18.4. The van der Waals surface area contributed by atoms with Gasteiger partial charge in [0.25, 0.3) is 5.91 Å². The molecule has 0 unspecified atom stereocenters. The van der Waals surface area contributed by atoms with Gasteiger partial charge in [-0.15, -0.1) is 11.8 Å². The molecule has 1 saturated heterocycles. The van der Waals surface area contributed by atoms with Crippen LogP contribution in [0.5, 0.6) is 0 Å². The molecule has 1 aromatic rings. The van der Waals surface area contributed by atoms with Crippen LogP contribution in [-0.4, -0.2) is 40.4 Å². The second-order valence-electron chi connectivity index (χ2n) is 7.01. The van der Waals surface area contributed by atoms with E-state index in [2.05, 4.69) is 26.1 Å². The third-order valence-electron chi connectivity index (χ3n) is 4.60. The van der Waals surface area contributed by atoms with E-state index in [0.29, 0.717) is 23.8 Å². The summed E-state index contributed by atoms with van der Waals surface area (Å²) in [6.45, 7) is 8.99. The molecule has 0 bridgehead atoms. The third-order valence-corrected chi connectivity index (χ3v) is 6.22. The maximum absolute atomic E-state index is 13.2. The molecule has 0 spiro atoms. The highest BCUT2D eigenvalue weighted by molar-refractivity contribution is 8.00. The number of aryl methyl sites for hydroxylation is 1. The molecule has 1 aliphatic heterocycles. The van der Waals surface area contributed by atoms with Crippen molar-refractivity contribution in [3.8, 4) is 0 Å². The fourth-order valence-electron chi connectivity index (χ4n) is 3.16. The summed E-state index contributed by atoms with van der Waals surface area (Å²) in [4.78, 5) is 27.7. The number of benzene rings is 1. The molecule has 1 N–H and O–H groups in total. The molecule has 1 heterocycles. The maximum Gasteiger partial charge on any atom is 0.255 e. The Morgan fingerprint density at radius 1 is 1.28 bits per heavy atom. The number of amides is 2. The molecule has 138 valence electrons. The Kier molecular flexibility index (Phi) is 7.36. The van der Waals surface area contributed by atoms with E-state index in [4.69, 9.17) is 0 Å². The van der Waals surface area contributed by atoms with Crippen LogP contribution in [-0.2, 0) is 4.79 Å². The molecule has 5 heteroatoms. The van der Waals surface area contributed by atoms with Gasteiger partial charge in [0.15, 0.2) is 0 Å². The number of thioether (sulfide) groups is 1. The summed E-state index contributed by atoms with van der Waals surface area (Å²) in [6.07, 6.45) is 3.23. The molecule has 1 aliphatic rings. The molecule has 1 aromatic carbocycles. The van der Waals surface area contributed by atoms with E-state index in [-0.39, 0.29) is 23.2 Å². The van der Waals surface area contributed by atoms with Crippen LogP contribution >= 0.6 is 11.8 Å². The highest BCUT2D eigenvalue weighted by atomic mass is 32.2. The van der Waals surface area contributed by atoms with E-state index in [9.17, 15) is 9.59 Å². The second-order valence-corrected chi connectivity index (χ2v) is 8.16. The Bertz CT molecular complexity index is 603. The fraction of sp³-hybridized carbons (Fsp3) is 0.600. The average Bonchev–Trinajstić information content (AvgIpc) is 3.04. The highest BCUT2D eigenvalue weighted by Gasteiger charge is 2.43. The van der Waals surface area contributed by atoms with Crippen molar-refractivity contribution in [3.05, 3.63) is 35.4 Å². The van der Waals surface area contributed by atoms with E-state index in [0.717, 1.165) is 24.8 Å². The van der Waals surface area contributed by atoms with Crippen molar-refractivity contribution in [2.45, 2.75) is 58.4 Å². The molecule has 0 radical (unpaired) electrons. The molecule has 0 aliphatic carbocycles. The SMILES string of the molecule is CCCCCNC(=O)[C@H]1CS[C@H](C(C)C)N1C(=O)c1ccccc1C. The van der Waals surface area contributed by atoms with Crippen LogP contribution in [0.1, 0.15) is 56.0 Å². The summed E-state index contributed by atoms with van der Waals surface area (Å²) in [7, 11) is 0. The fourth-order valence-corrected chi connectivity index (χ4v) is 4.64. The predicted molar refractivity (Wildman–Crippen MR) is 105 cm³/mol. The average molecular weight is 363 g/mol. The van der Waals surface area contributed by atoms with Crippen LogP contribution in [0.25, 0.3) is 0 Å². The highest BCUT2D eigenvalue weighted by Crippen LogP contribution is 2.35. The van der Waals surface area contributed by atoms with Crippen molar-refractivity contribution in [1.29, 1.82) is 0 Å². The number of unbranched alkanes of at least 4 members (excludes halogenated alkanes) is 2. The van der Waals surface area contributed by atoms with Gasteiger partial charge >= 0.3 is 0 Å². The minimum Gasteiger partial charge on any atom is -0.354 e. The number of rotatable bonds is 7. The summed E-state index contributed by atoms with van der Waals surface area (Å²) in [6, 6.07) is 7.23. The molecule has 2 amide bonds. The lowest BCUT2D eigenvalue weighted by atomic mass is 10.0. The summed E-state index contributed by atoms with van der Waals surface area (Å²) in [5.74, 6) is 0.917. The molecule has 0 saturated carbocycles. The van der Waals surface area contributed by atoms with Crippen molar-refractivity contribution < 1.29 is 9.59 Å². The lowest BCUT2D eigenvalue weighted by molar-refractivity contribution is -0.124. The molecular weight excluding hydrogens is 332 g/mol. The monoisotopic (exact) mass is 362 g/mol. The van der Waals surface area contributed by atoms with E-state index in [1.807, 2.05) is 36.1 Å². The second kappa shape index (κ2) is 9.27. The first-order valence-electron chi connectivity index (χ1n) is 9.25. The molecular formula is C20H30N2O2S. The zero-order valence-electron chi connectivity index (χ0n) is 15.7. The first kappa shape index (κ1) is 19.8. The van der Waals surface area contributed by atoms with Crippen LogP contribution in [0, 0.1) is 12.8 Å². The van der Waals surface area contributed by atoms with Gasteiger partial charge in [-0.1, -0.05) is 51.8 Å². The van der Waals surface area contributed by atoms with E-state index >= 15 is 0 Å². The van der Waals surface area contributed by atoms with Gasteiger partial charge in [-0.05, 0) is 30.9 Å². The first-order valence-corrected chi connectivity index (χ1v) is 10.3. The zero-order valence-corrected chi connectivity index (χ0v) is 16.6. The smallest absolute Gasteiger partial charge is 0.255 e. The van der Waals surface area contributed by atoms with Crippen molar-refractivity contribution in [1.82, 2.24) is 10.2 Å². The van der Waals surface area contributed by atoms with Gasteiger partial charge < -0.3 is 10.2 Å². The van der Waals surface area contributed by atoms with Gasteiger partial charge in [0.05, 0.1) is 5.37 Å². The lowest BCUT2D eigenvalue weighted by Crippen LogP contribution is -2.51. The van der Waals surface area contributed by atoms with Gasteiger partial charge in [-0.2, -0.15) is 0 Å². The third kappa shape index (κ3) is 4.78. The number of nitrogens with zero attached hydrogens (tertiary/aromatic N) is 1. The molecule has 25 heavy (non-hydrogen) atoms. The Morgan fingerprint density at radius 2 is 2.00 bits per heavy atom.